The topological polar surface area (TPSA) is 20.2 Å². The van der Waals surface area contributed by atoms with Crippen LogP contribution in [0.1, 0.15) is 45.6 Å². The molecule has 16 heavy (non-hydrogen) atoms. The molecule has 1 aromatic rings. The van der Waals surface area contributed by atoms with Crippen molar-refractivity contribution in [1.29, 1.82) is 0 Å². The summed E-state index contributed by atoms with van der Waals surface area (Å²) < 4.78 is 0. The second kappa shape index (κ2) is 6.57. The Labute approximate surface area is 99.5 Å². The molecule has 2 atom stereocenters. The molecule has 0 amide bonds. The maximum absolute atomic E-state index is 9.23. The van der Waals surface area contributed by atoms with Gasteiger partial charge in [-0.25, -0.2) is 0 Å². The van der Waals surface area contributed by atoms with E-state index in [1.54, 1.807) is 12.1 Å². The summed E-state index contributed by atoms with van der Waals surface area (Å²) in [5, 5.41) is 9.23. The highest BCUT2D eigenvalue weighted by molar-refractivity contribution is 5.26. The highest BCUT2D eigenvalue weighted by atomic mass is 16.3. The van der Waals surface area contributed by atoms with Gasteiger partial charge in [-0.15, -0.1) is 0 Å². The molecule has 1 nitrogen and oxygen atoms in total. The number of aromatic hydroxyl groups is 1. The van der Waals surface area contributed by atoms with Crippen LogP contribution in [0, 0.1) is 11.8 Å². The van der Waals surface area contributed by atoms with Crippen LogP contribution in [0.25, 0.3) is 0 Å². The van der Waals surface area contributed by atoms with Gasteiger partial charge in [-0.2, -0.15) is 0 Å². The van der Waals surface area contributed by atoms with Crippen molar-refractivity contribution in [3.8, 4) is 5.75 Å². The van der Waals surface area contributed by atoms with Crippen molar-refractivity contribution in [2.75, 3.05) is 0 Å². The fourth-order valence-corrected chi connectivity index (χ4v) is 2.43. The van der Waals surface area contributed by atoms with Crippen LogP contribution in [0.15, 0.2) is 24.3 Å². The fourth-order valence-electron chi connectivity index (χ4n) is 2.43. The van der Waals surface area contributed by atoms with E-state index in [4.69, 9.17) is 0 Å². The molecule has 0 aliphatic carbocycles. The molecule has 1 N–H and O–H groups in total. The van der Waals surface area contributed by atoms with Gasteiger partial charge in [0.05, 0.1) is 0 Å². The molecule has 1 heteroatoms. The van der Waals surface area contributed by atoms with Crippen LogP contribution in [0.2, 0.25) is 0 Å². The van der Waals surface area contributed by atoms with Gasteiger partial charge in [-0.05, 0) is 36.0 Å². The lowest BCUT2D eigenvalue weighted by atomic mass is 9.84. The van der Waals surface area contributed by atoms with Gasteiger partial charge in [0, 0.05) is 0 Å². The molecule has 0 aliphatic rings. The van der Waals surface area contributed by atoms with Crippen molar-refractivity contribution in [3.63, 3.8) is 0 Å². The van der Waals surface area contributed by atoms with E-state index in [2.05, 4.69) is 20.8 Å². The van der Waals surface area contributed by atoms with Crippen molar-refractivity contribution in [1.82, 2.24) is 0 Å². The summed E-state index contributed by atoms with van der Waals surface area (Å²) in [5.74, 6) is 1.92. The van der Waals surface area contributed by atoms with E-state index in [0.717, 1.165) is 18.3 Å². The molecule has 90 valence electrons. The molecule has 0 aliphatic heterocycles. The Balaban J connectivity index is 2.55. The molecule has 0 aromatic heterocycles. The Morgan fingerprint density at radius 3 is 2.25 bits per heavy atom. The average Bonchev–Trinajstić information content (AvgIpc) is 2.29. The molecule has 0 heterocycles. The average molecular weight is 220 g/mol. The van der Waals surface area contributed by atoms with Crippen molar-refractivity contribution in [2.24, 2.45) is 11.8 Å². The van der Waals surface area contributed by atoms with Crippen LogP contribution in [-0.2, 0) is 6.42 Å². The number of hydrogen-bond acceptors (Lipinski definition) is 1. The summed E-state index contributed by atoms with van der Waals surface area (Å²) in [4.78, 5) is 0. The summed E-state index contributed by atoms with van der Waals surface area (Å²) in [6, 6.07) is 7.63. The summed E-state index contributed by atoms with van der Waals surface area (Å²) in [6.45, 7) is 6.89. The lowest BCUT2D eigenvalue weighted by Gasteiger charge is -2.22. The normalized spacial score (nSPS) is 14.7. The van der Waals surface area contributed by atoms with Gasteiger partial charge in [0.25, 0.3) is 0 Å². The summed E-state index contributed by atoms with van der Waals surface area (Å²) in [6.07, 6.45) is 5.00. The number of rotatable bonds is 6. The van der Waals surface area contributed by atoms with Crippen molar-refractivity contribution < 1.29 is 5.11 Å². The molecule has 1 aromatic carbocycles. The SMILES string of the molecule is CCCC(CC)C(C)Cc1ccc(O)cc1. The first kappa shape index (κ1) is 13.1. The van der Waals surface area contributed by atoms with E-state index >= 15 is 0 Å². The third kappa shape index (κ3) is 3.88. The third-order valence-corrected chi connectivity index (χ3v) is 3.48. The minimum Gasteiger partial charge on any atom is -0.508 e. The molecule has 0 spiro atoms. The zero-order valence-corrected chi connectivity index (χ0v) is 10.7. The van der Waals surface area contributed by atoms with Gasteiger partial charge < -0.3 is 5.11 Å². The summed E-state index contributed by atoms with van der Waals surface area (Å²) in [5.41, 5.74) is 1.33. The number of phenolic OH excluding ortho intramolecular Hbond substituents is 1. The molecule has 0 bridgehead atoms. The van der Waals surface area contributed by atoms with Crippen LogP contribution in [-0.4, -0.2) is 5.11 Å². The van der Waals surface area contributed by atoms with Crippen LogP contribution in [0.4, 0.5) is 0 Å². The predicted octanol–water partition coefficient (Wildman–Crippen LogP) is 4.40. The monoisotopic (exact) mass is 220 g/mol. The summed E-state index contributed by atoms with van der Waals surface area (Å²) >= 11 is 0. The lowest BCUT2D eigenvalue weighted by molar-refractivity contribution is 0.321. The van der Waals surface area contributed by atoms with E-state index in [1.807, 2.05) is 12.1 Å². The first-order chi connectivity index (χ1) is 7.67. The van der Waals surface area contributed by atoms with E-state index < -0.39 is 0 Å². The van der Waals surface area contributed by atoms with E-state index in [0.29, 0.717) is 5.75 Å². The molecule has 1 rings (SSSR count). The van der Waals surface area contributed by atoms with Crippen molar-refractivity contribution in [2.45, 2.75) is 46.5 Å². The highest BCUT2D eigenvalue weighted by Gasteiger charge is 2.14. The quantitative estimate of drug-likeness (QED) is 0.753. The smallest absolute Gasteiger partial charge is 0.115 e. The van der Waals surface area contributed by atoms with E-state index in [1.165, 1.54) is 24.8 Å². The maximum Gasteiger partial charge on any atom is 0.115 e. The van der Waals surface area contributed by atoms with Gasteiger partial charge in [0.2, 0.25) is 0 Å². The highest BCUT2D eigenvalue weighted by Crippen LogP contribution is 2.25. The van der Waals surface area contributed by atoms with Crippen molar-refractivity contribution in [3.05, 3.63) is 29.8 Å². The molecule has 0 radical (unpaired) electrons. The molecular formula is C15H24O. The van der Waals surface area contributed by atoms with Gasteiger partial charge in [0.15, 0.2) is 0 Å². The molecule has 0 saturated heterocycles. The minimum atomic E-state index is 0.358. The Bertz CT molecular complexity index is 289. The second-order valence-corrected chi connectivity index (χ2v) is 4.80. The van der Waals surface area contributed by atoms with Gasteiger partial charge in [0.1, 0.15) is 5.75 Å². The number of benzene rings is 1. The molecule has 0 saturated carbocycles. The van der Waals surface area contributed by atoms with Gasteiger partial charge in [-0.1, -0.05) is 52.2 Å². The predicted molar refractivity (Wildman–Crippen MR) is 69.7 cm³/mol. The second-order valence-electron chi connectivity index (χ2n) is 4.80. The number of hydrogen-bond donors (Lipinski definition) is 1. The largest absolute Gasteiger partial charge is 0.508 e. The first-order valence-electron chi connectivity index (χ1n) is 6.45. The Morgan fingerprint density at radius 2 is 1.75 bits per heavy atom. The first-order valence-corrected chi connectivity index (χ1v) is 6.45. The fraction of sp³-hybridized carbons (Fsp3) is 0.600. The van der Waals surface area contributed by atoms with Gasteiger partial charge in [-0.3, -0.25) is 0 Å². The van der Waals surface area contributed by atoms with Crippen LogP contribution >= 0.6 is 0 Å². The Kier molecular flexibility index (Phi) is 5.37. The van der Waals surface area contributed by atoms with Crippen LogP contribution < -0.4 is 0 Å². The van der Waals surface area contributed by atoms with E-state index in [-0.39, 0.29) is 0 Å². The molecular weight excluding hydrogens is 196 g/mol. The van der Waals surface area contributed by atoms with Gasteiger partial charge >= 0.3 is 0 Å². The number of phenols is 1. The zero-order chi connectivity index (χ0) is 12.0. The molecule has 0 fully saturated rings. The minimum absolute atomic E-state index is 0.358. The zero-order valence-electron chi connectivity index (χ0n) is 10.7. The molecule has 2 unspecified atom stereocenters. The van der Waals surface area contributed by atoms with E-state index in [9.17, 15) is 5.11 Å². The third-order valence-electron chi connectivity index (χ3n) is 3.48. The lowest BCUT2D eigenvalue weighted by Crippen LogP contribution is -2.13. The van der Waals surface area contributed by atoms with Crippen LogP contribution in [0.5, 0.6) is 5.75 Å². The Hall–Kier alpha value is -0.980. The Morgan fingerprint density at radius 1 is 1.12 bits per heavy atom. The summed E-state index contributed by atoms with van der Waals surface area (Å²) in [7, 11) is 0. The standard InChI is InChI=1S/C15H24O/c1-4-6-14(5-2)12(3)11-13-7-9-15(16)10-8-13/h7-10,12,14,16H,4-6,11H2,1-3H3. The van der Waals surface area contributed by atoms with Crippen molar-refractivity contribution >= 4 is 0 Å². The van der Waals surface area contributed by atoms with Crippen LogP contribution in [0.3, 0.4) is 0 Å². The maximum atomic E-state index is 9.23.